The Bertz CT molecular complexity index is 323. The van der Waals surface area contributed by atoms with E-state index in [0.717, 1.165) is 22.2 Å². The number of nitrogens with zero attached hydrogens (tertiary/aromatic N) is 2. The lowest BCUT2D eigenvalue weighted by molar-refractivity contribution is 0.934. The third-order valence-corrected chi connectivity index (χ3v) is 2.89. The minimum absolute atomic E-state index is 0.549. The van der Waals surface area contributed by atoms with Gasteiger partial charge in [-0.2, -0.15) is 0 Å². The van der Waals surface area contributed by atoms with Crippen LogP contribution in [0.4, 0.5) is 5.82 Å². The number of anilines is 1. The molecule has 0 amide bonds. The van der Waals surface area contributed by atoms with Gasteiger partial charge in [0, 0.05) is 17.9 Å². The van der Waals surface area contributed by atoms with Crippen LogP contribution in [0, 0.1) is 13.8 Å². The summed E-state index contributed by atoms with van der Waals surface area (Å²) in [5.74, 6) is 1.75. The molecule has 0 saturated carbocycles. The van der Waals surface area contributed by atoms with Crippen LogP contribution >= 0.6 is 11.8 Å². The van der Waals surface area contributed by atoms with Gasteiger partial charge in [0.25, 0.3) is 0 Å². The molecule has 0 aliphatic rings. The van der Waals surface area contributed by atoms with Crippen molar-refractivity contribution < 1.29 is 0 Å². The zero-order valence-corrected chi connectivity index (χ0v) is 10.2. The lowest BCUT2D eigenvalue weighted by Crippen LogP contribution is -2.03. The maximum atomic E-state index is 4.43. The molecule has 0 aromatic carbocycles. The number of aryl methyl sites for hydroxylation is 1. The summed E-state index contributed by atoms with van der Waals surface area (Å²) in [6, 6.07) is 0. The van der Waals surface area contributed by atoms with E-state index >= 15 is 0 Å². The second-order valence-corrected chi connectivity index (χ2v) is 5.03. The first-order valence-corrected chi connectivity index (χ1v) is 5.62. The van der Waals surface area contributed by atoms with Gasteiger partial charge < -0.3 is 5.32 Å². The van der Waals surface area contributed by atoms with Gasteiger partial charge >= 0.3 is 0 Å². The van der Waals surface area contributed by atoms with Crippen LogP contribution < -0.4 is 5.32 Å². The van der Waals surface area contributed by atoms with E-state index < -0.39 is 0 Å². The Hall–Kier alpha value is -0.770. The summed E-state index contributed by atoms with van der Waals surface area (Å²) < 4.78 is 0. The van der Waals surface area contributed by atoms with E-state index in [1.807, 2.05) is 14.0 Å². The van der Waals surface area contributed by atoms with Crippen molar-refractivity contribution in [3.05, 3.63) is 11.4 Å². The fourth-order valence-electron chi connectivity index (χ4n) is 1.18. The minimum Gasteiger partial charge on any atom is -0.373 e. The van der Waals surface area contributed by atoms with Gasteiger partial charge in [0.1, 0.15) is 16.7 Å². The molecule has 0 bridgehead atoms. The third kappa shape index (κ3) is 2.61. The molecule has 0 spiro atoms. The molecule has 1 N–H and O–H groups in total. The summed E-state index contributed by atoms with van der Waals surface area (Å²) >= 11 is 1.78. The molecule has 1 rings (SSSR count). The molecule has 14 heavy (non-hydrogen) atoms. The highest BCUT2D eigenvalue weighted by atomic mass is 32.2. The fourth-order valence-corrected chi connectivity index (χ4v) is 2.09. The van der Waals surface area contributed by atoms with Crippen LogP contribution in [-0.2, 0) is 0 Å². The van der Waals surface area contributed by atoms with Crippen molar-refractivity contribution in [3.63, 3.8) is 0 Å². The van der Waals surface area contributed by atoms with Gasteiger partial charge in [-0.3, -0.25) is 0 Å². The first-order valence-electron chi connectivity index (χ1n) is 4.74. The van der Waals surface area contributed by atoms with E-state index in [1.165, 1.54) is 0 Å². The Morgan fingerprint density at radius 2 is 1.86 bits per heavy atom. The first-order chi connectivity index (χ1) is 6.54. The van der Waals surface area contributed by atoms with Crippen molar-refractivity contribution in [2.45, 2.75) is 38.0 Å². The maximum Gasteiger partial charge on any atom is 0.133 e. The topological polar surface area (TPSA) is 37.8 Å². The van der Waals surface area contributed by atoms with Crippen LogP contribution in [0.5, 0.6) is 0 Å². The number of nitrogens with one attached hydrogen (secondary N) is 1. The van der Waals surface area contributed by atoms with Gasteiger partial charge in [0.15, 0.2) is 0 Å². The minimum atomic E-state index is 0.549. The molecule has 0 radical (unpaired) electrons. The van der Waals surface area contributed by atoms with E-state index in [1.54, 1.807) is 11.8 Å². The van der Waals surface area contributed by atoms with Crippen molar-refractivity contribution in [2.75, 3.05) is 12.4 Å². The Labute approximate surface area is 89.7 Å². The summed E-state index contributed by atoms with van der Waals surface area (Å²) in [5, 5.41) is 4.71. The lowest BCUT2D eigenvalue weighted by atomic mass is 10.3. The Balaban J connectivity index is 3.08. The third-order valence-electron chi connectivity index (χ3n) is 1.80. The van der Waals surface area contributed by atoms with Crippen molar-refractivity contribution in [1.29, 1.82) is 0 Å². The van der Waals surface area contributed by atoms with Gasteiger partial charge in [0.2, 0.25) is 0 Å². The summed E-state index contributed by atoms with van der Waals surface area (Å²) in [4.78, 5) is 8.76. The quantitative estimate of drug-likeness (QED) is 0.616. The monoisotopic (exact) mass is 211 g/mol. The Kier molecular flexibility index (Phi) is 3.75. The predicted octanol–water partition coefficient (Wildman–Crippen LogP) is 2.64. The molecule has 0 unspecified atom stereocenters. The molecule has 0 fully saturated rings. The second kappa shape index (κ2) is 4.64. The highest BCUT2D eigenvalue weighted by molar-refractivity contribution is 7.99. The van der Waals surface area contributed by atoms with Crippen LogP contribution in [0.15, 0.2) is 5.03 Å². The van der Waals surface area contributed by atoms with Gasteiger partial charge in [0.05, 0.1) is 0 Å². The van der Waals surface area contributed by atoms with E-state index in [9.17, 15) is 0 Å². The summed E-state index contributed by atoms with van der Waals surface area (Å²) in [5.41, 5.74) is 1.14. The maximum absolute atomic E-state index is 4.43. The number of hydrogen-bond acceptors (Lipinski definition) is 4. The average Bonchev–Trinajstić information content (AvgIpc) is 2.09. The molecule has 3 nitrogen and oxygen atoms in total. The fraction of sp³-hybridized carbons (Fsp3) is 0.600. The first kappa shape index (κ1) is 11.3. The molecule has 0 atom stereocenters. The van der Waals surface area contributed by atoms with Crippen LogP contribution in [-0.4, -0.2) is 22.3 Å². The average molecular weight is 211 g/mol. The summed E-state index contributed by atoms with van der Waals surface area (Å²) in [6.45, 7) is 8.31. The number of hydrogen-bond donors (Lipinski definition) is 1. The predicted molar refractivity (Wildman–Crippen MR) is 62.0 cm³/mol. The van der Waals surface area contributed by atoms with E-state index in [0.29, 0.717) is 5.25 Å². The molecule has 4 heteroatoms. The molecule has 1 aromatic heterocycles. The summed E-state index contributed by atoms with van der Waals surface area (Å²) in [6.07, 6.45) is 0. The van der Waals surface area contributed by atoms with Crippen molar-refractivity contribution in [2.24, 2.45) is 0 Å². The van der Waals surface area contributed by atoms with Crippen molar-refractivity contribution >= 4 is 17.6 Å². The number of aromatic nitrogens is 2. The molecule has 0 saturated heterocycles. The van der Waals surface area contributed by atoms with E-state index in [4.69, 9.17) is 0 Å². The normalized spacial score (nSPS) is 10.7. The van der Waals surface area contributed by atoms with Gasteiger partial charge in [-0.1, -0.05) is 13.8 Å². The van der Waals surface area contributed by atoms with Gasteiger partial charge in [-0.15, -0.1) is 11.8 Å². The Morgan fingerprint density at radius 1 is 1.21 bits per heavy atom. The molecule has 0 aliphatic heterocycles. The standard InChI is InChI=1S/C10H17N3S/c1-6(2)14-10-7(3)9(11-5)12-8(4)13-10/h6H,1-5H3,(H,11,12,13). The summed E-state index contributed by atoms with van der Waals surface area (Å²) in [7, 11) is 1.89. The van der Waals surface area contributed by atoms with Crippen molar-refractivity contribution in [3.8, 4) is 0 Å². The molecule has 78 valence electrons. The van der Waals surface area contributed by atoms with Crippen LogP contribution in [0.25, 0.3) is 0 Å². The van der Waals surface area contributed by atoms with E-state index in [2.05, 4.69) is 36.1 Å². The zero-order chi connectivity index (χ0) is 10.7. The molecule has 1 aromatic rings. The smallest absolute Gasteiger partial charge is 0.133 e. The Morgan fingerprint density at radius 3 is 2.36 bits per heavy atom. The number of thioether (sulfide) groups is 1. The highest BCUT2D eigenvalue weighted by Gasteiger charge is 2.09. The van der Waals surface area contributed by atoms with Gasteiger partial charge in [-0.25, -0.2) is 9.97 Å². The van der Waals surface area contributed by atoms with Gasteiger partial charge in [-0.05, 0) is 13.8 Å². The van der Waals surface area contributed by atoms with E-state index in [-0.39, 0.29) is 0 Å². The van der Waals surface area contributed by atoms with Crippen LogP contribution in [0.1, 0.15) is 25.2 Å². The van der Waals surface area contributed by atoms with Crippen molar-refractivity contribution in [1.82, 2.24) is 9.97 Å². The molecule has 1 heterocycles. The highest BCUT2D eigenvalue weighted by Crippen LogP contribution is 2.27. The number of rotatable bonds is 3. The van der Waals surface area contributed by atoms with Crippen LogP contribution in [0.3, 0.4) is 0 Å². The SMILES string of the molecule is CNc1nc(C)nc(SC(C)C)c1C. The molecule has 0 aliphatic carbocycles. The second-order valence-electron chi connectivity index (χ2n) is 3.47. The molecular formula is C10H17N3S. The largest absolute Gasteiger partial charge is 0.373 e. The lowest BCUT2D eigenvalue weighted by Gasteiger charge is -2.11. The van der Waals surface area contributed by atoms with Crippen LogP contribution in [0.2, 0.25) is 0 Å². The zero-order valence-electron chi connectivity index (χ0n) is 9.38. The molecular weight excluding hydrogens is 194 g/mol.